The molecule has 0 saturated carbocycles. The molecule has 2 aromatic rings. The zero-order valence-electron chi connectivity index (χ0n) is 13.9. The Balaban J connectivity index is 0.000000345. The number of hydrogen-bond donors (Lipinski definition) is 3. The number of hydrogen-bond acceptors (Lipinski definition) is 5. The Morgan fingerprint density at radius 2 is 1.93 bits per heavy atom. The fraction of sp³-hybridized carbons (Fsp3) is 0.333. The van der Waals surface area contributed by atoms with Gasteiger partial charge in [0.25, 0.3) is 5.92 Å². The van der Waals surface area contributed by atoms with E-state index in [0.717, 1.165) is 0 Å². The van der Waals surface area contributed by atoms with Crippen molar-refractivity contribution in [1.82, 2.24) is 15.0 Å². The average molecular weight is 427 g/mol. The van der Waals surface area contributed by atoms with Crippen LogP contribution in [0.1, 0.15) is 0 Å². The van der Waals surface area contributed by atoms with Gasteiger partial charge in [0.05, 0.1) is 17.5 Å². The van der Waals surface area contributed by atoms with Gasteiger partial charge in [0, 0.05) is 29.7 Å². The van der Waals surface area contributed by atoms with E-state index in [0.29, 0.717) is 10.8 Å². The quantitative estimate of drug-likeness (QED) is 0.645. The van der Waals surface area contributed by atoms with E-state index in [9.17, 15) is 30.4 Å². The van der Waals surface area contributed by atoms with Crippen LogP contribution in [0.3, 0.4) is 0 Å². The van der Waals surface area contributed by atoms with Crippen LogP contribution < -0.4 is 10.0 Å². The molecule has 0 radical (unpaired) electrons. The summed E-state index contributed by atoms with van der Waals surface area (Å²) in [5, 5.41) is 10.7. The van der Waals surface area contributed by atoms with E-state index in [-0.39, 0.29) is 11.4 Å². The van der Waals surface area contributed by atoms with E-state index in [1.54, 1.807) is 18.2 Å². The standard InChI is InChI=1S/C13H13F2N3O2S.C2HF3O2/c14-13(15)8-17-7-12(13)18-21(19,20)11-3-1-2-9-6-16-5-4-10(9)11;3-2(4,5)1(6)7/h1-6,12,17-18H,7-8H2;(H,6,7). The molecule has 0 amide bonds. The van der Waals surface area contributed by atoms with Crippen LogP contribution in [0, 0.1) is 0 Å². The van der Waals surface area contributed by atoms with Crippen LogP contribution in [0.25, 0.3) is 10.8 Å². The normalized spacial score (nSPS) is 19.1. The van der Waals surface area contributed by atoms with Gasteiger partial charge in [-0.25, -0.2) is 26.7 Å². The maximum atomic E-state index is 13.6. The number of sulfonamides is 1. The number of nitrogens with zero attached hydrogens (tertiary/aromatic N) is 1. The first-order valence-electron chi connectivity index (χ1n) is 7.58. The minimum Gasteiger partial charge on any atom is -0.475 e. The lowest BCUT2D eigenvalue weighted by Gasteiger charge is -2.19. The Labute approximate surface area is 155 Å². The van der Waals surface area contributed by atoms with Crippen molar-refractivity contribution in [3.05, 3.63) is 36.7 Å². The molecule has 1 unspecified atom stereocenters. The molecule has 2 heterocycles. The van der Waals surface area contributed by atoms with Gasteiger partial charge < -0.3 is 10.4 Å². The third-order valence-corrected chi connectivity index (χ3v) is 5.22. The van der Waals surface area contributed by atoms with Gasteiger partial charge in [-0.05, 0) is 12.1 Å². The van der Waals surface area contributed by atoms with Gasteiger partial charge in [-0.2, -0.15) is 13.2 Å². The van der Waals surface area contributed by atoms with Crippen LogP contribution in [-0.4, -0.2) is 55.7 Å². The molecule has 1 saturated heterocycles. The van der Waals surface area contributed by atoms with Crippen molar-refractivity contribution in [3.63, 3.8) is 0 Å². The largest absolute Gasteiger partial charge is 0.490 e. The number of alkyl halides is 5. The first-order chi connectivity index (χ1) is 12.8. The lowest BCUT2D eigenvalue weighted by Crippen LogP contribution is -2.46. The van der Waals surface area contributed by atoms with Crippen LogP contribution in [-0.2, 0) is 14.8 Å². The molecule has 154 valence electrons. The van der Waals surface area contributed by atoms with Crippen LogP contribution >= 0.6 is 0 Å². The van der Waals surface area contributed by atoms with Crippen LogP contribution in [0.2, 0.25) is 0 Å². The molecule has 1 atom stereocenters. The highest BCUT2D eigenvalue weighted by molar-refractivity contribution is 7.89. The van der Waals surface area contributed by atoms with Gasteiger partial charge in [-0.3, -0.25) is 4.98 Å². The van der Waals surface area contributed by atoms with Crippen molar-refractivity contribution in [2.75, 3.05) is 13.1 Å². The first-order valence-corrected chi connectivity index (χ1v) is 9.06. The number of rotatable bonds is 3. The van der Waals surface area contributed by atoms with Crippen molar-refractivity contribution in [1.29, 1.82) is 0 Å². The number of nitrogens with one attached hydrogen (secondary N) is 2. The molecule has 3 N–H and O–H groups in total. The minimum atomic E-state index is -5.08. The second kappa shape index (κ2) is 7.93. The highest BCUT2D eigenvalue weighted by atomic mass is 32.2. The van der Waals surface area contributed by atoms with Crippen molar-refractivity contribution >= 4 is 26.8 Å². The smallest absolute Gasteiger partial charge is 0.475 e. The van der Waals surface area contributed by atoms with Crippen molar-refractivity contribution in [2.45, 2.75) is 23.0 Å². The number of aromatic nitrogens is 1. The zero-order chi connectivity index (χ0) is 21.2. The number of carboxylic acids is 1. The SMILES string of the molecule is O=C(O)C(F)(F)F.O=S(=O)(NC1CNCC1(F)F)c1cccc2cnccc12. The summed E-state index contributed by atoms with van der Waals surface area (Å²) in [5.74, 6) is -5.85. The number of halogens is 5. The molecule has 1 aliphatic heterocycles. The highest BCUT2D eigenvalue weighted by Gasteiger charge is 2.46. The first kappa shape index (κ1) is 21.9. The second-order valence-electron chi connectivity index (χ2n) is 5.72. The molecule has 1 aliphatic rings. The van der Waals surface area contributed by atoms with E-state index < -0.39 is 40.7 Å². The molecular weight excluding hydrogens is 413 g/mol. The molecule has 0 bridgehead atoms. The third-order valence-electron chi connectivity index (χ3n) is 3.69. The fourth-order valence-corrected chi connectivity index (χ4v) is 3.85. The molecule has 13 heteroatoms. The van der Waals surface area contributed by atoms with E-state index in [1.807, 2.05) is 0 Å². The number of carbonyl (C=O) groups is 1. The summed E-state index contributed by atoms with van der Waals surface area (Å²) in [6.07, 6.45) is -2.09. The highest BCUT2D eigenvalue weighted by Crippen LogP contribution is 2.26. The minimum absolute atomic E-state index is 0.0231. The van der Waals surface area contributed by atoms with Gasteiger partial charge in [0.15, 0.2) is 0 Å². The molecule has 1 aromatic carbocycles. The summed E-state index contributed by atoms with van der Waals surface area (Å²) in [4.78, 5) is 12.8. The summed E-state index contributed by atoms with van der Waals surface area (Å²) in [6.45, 7) is -0.627. The number of pyridine rings is 1. The fourth-order valence-electron chi connectivity index (χ4n) is 2.36. The predicted molar refractivity (Wildman–Crippen MR) is 87.4 cm³/mol. The van der Waals surface area contributed by atoms with Crippen molar-refractivity contribution in [3.8, 4) is 0 Å². The van der Waals surface area contributed by atoms with Gasteiger partial charge in [0.2, 0.25) is 10.0 Å². The van der Waals surface area contributed by atoms with Crippen molar-refractivity contribution < 1.29 is 40.3 Å². The summed E-state index contributed by atoms with van der Waals surface area (Å²) in [6, 6.07) is 4.77. The van der Waals surface area contributed by atoms with Gasteiger partial charge >= 0.3 is 12.1 Å². The predicted octanol–water partition coefficient (Wildman–Crippen LogP) is 1.75. The van der Waals surface area contributed by atoms with E-state index in [4.69, 9.17) is 9.90 Å². The lowest BCUT2D eigenvalue weighted by atomic mass is 10.2. The molecule has 0 spiro atoms. The Morgan fingerprint density at radius 1 is 1.29 bits per heavy atom. The number of benzene rings is 1. The molecule has 7 nitrogen and oxygen atoms in total. The molecule has 1 fully saturated rings. The van der Waals surface area contributed by atoms with Crippen LogP contribution in [0.5, 0.6) is 0 Å². The number of fused-ring (bicyclic) bond motifs is 1. The Kier molecular flexibility index (Phi) is 6.21. The van der Waals surface area contributed by atoms with Crippen LogP contribution in [0.15, 0.2) is 41.6 Å². The van der Waals surface area contributed by atoms with Gasteiger partial charge in [-0.1, -0.05) is 12.1 Å². The molecular formula is C15H14F5N3O4S. The summed E-state index contributed by atoms with van der Waals surface area (Å²) < 4.78 is 85.8. The lowest BCUT2D eigenvalue weighted by molar-refractivity contribution is -0.192. The Morgan fingerprint density at radius 3 is 2.46 bits per heavy atom. The molecule has 1 aromatic heterocycles. The maximum Gasteiger partial charge on any atom is 0.490 e. The second-order valence-corrected chi connectivity index (χ2v) is 7.40. The van der Waals surface area contributed by atoms with Gasteiger partial charge in [0.1, 0.15) is 0 Å². The number of carboxylic acid groups (broad SMARTS) is 1. The Hall–Kier alpha value is -2.38. The summed E-state index contributed by atoms with van der Waals surface area (Å²) in [7, 11) is -4.04. The van der Waals surface area contributed by atoms with Gasteiger partial charge in [-0.15, -0.1) is 0 Å². The maximum absolute atomic E-state index is 13.6. The van der Waals surface area contributed by atoms with Crippen LogP contribution in [0.4, 0.5) is 22.0 Å². The van der Waals surface area contributed by atoms with Crippen molar-refractivity contribution in [2.24, 2.45) is 0 Å². The zero-order valence-corrected chi connectivity index (χ0v) is 14.7. The monoisotopic (exact) mass is 427 g/mol. The molecule has 3 rings (SSSR count). The number of aliphatic carboxylic acids is 1. The van der Waals surface area contributed by atoms with E-state index >= 15 is 0 Å². The Bertz CT molecular complexity index is 960. The topological polar surface area (TPSA) is 108 Å². The average Bonchev–Trinajstić information content (AvgIpc) is 2.91. The van der Waals surface area contributed by atoms with E-state index in [2.05, 4.69) is 15.0 Å². The summed E-state index contributed by atoms with van der Waals surface area (Å²) >= 11 is 0. The third kappa shape index (κ3) is 5.11. The summed E-state index contributed by atoms with van der Waals surface area (Å²) in [5.41, 5.74) is 0. The molecule has 28 heavy (non-hydrogen) atoms. The van der Waals surface area contributed by atoms with E-state index in [1.165, 1.54) is 18.5 Å². The molecule has 0 aliphatic carbocycles.